The molecular formula is C8H8ClN3O3. The number of nitro groups is 1. The molecule has 0 saturated heterocycles. The van der Waals surface area contributed by atoms with Crippen LogP contribution in [0.1, 0.15) is 0 Å². The summed E-state index contributed by atoms with van der Waals surface area (Å²) < 4.78 is 0. The molecule has 1 rings (SSSR count). The van der Waals surface area contributed by atoms with E-state index < -0.39 is 10.8 Å². The minimum Gasteiger partial charge on any atom is -0.322 e. The normalized spacial score (nSPS) is 9.73. The zero-order valence-corrected chi connectivity index (χ0v) is 8.32. The van der Waals surface area contributed by atoms with Crippen LogP contribution < -0.4 is 11.1 Å². The van der Waals surface area contributed by atoms with Gasteiger partial charge in [0, 0.05) is 11.1 Å². The Morgan fingerprint density at radius 2 is 2.27 bits per heavy atom. The summed E-state index contributed by atoms with van der Waals surface area (Å²) in [6, 6.07) is 3.96. The van der Waals surface area contributed by atoms with Gasteiger partial charge in [-0.05, 0) is 12.1 Å². The maximum atomic E-state index is 10.9. The highest BCUT2D eigenvalue weighted by Crippen LogP contribution is 2.27. The van der Waals surface area contributed by atoms with E-state index in [1.54, 1.807) is 0 Å². The third kappa shape index (κ3) is 2.90. The van der Waals surface area contributed by atoms with Crippen molar-refractivity contribution < 1.29 is 9.72 Å². The van der Waals surface area contributed by atoms with Gasteiger partial charge in [-0.15, -0.1) is 0 Å². The number of nitro benzene ring substituents is 1. The molecule has 0 unspecified atom stereocenters. The fraction of sp³-hybridized carbons (Fsp3) is 0.125. The number of hydrogen-bond donors (Lipinski definition) is 2. The molecule has 0 spiro atoms. The molecule has 0 radical (unpaired) electrons. The van der Waals surface area contributed by atoms with Gasteiger partial charge in [-0.25, -0.2) is 0 Å². The molecule has 1 aromatic rings. The summed E-state index contributed by atoms with van der Waals surface area (Å²) in [6.45, 7) is -0.236. The van der Waals surface area contributed by atoms with E-state index in [9.17, 15) is 14.9 Å². The number of benzene rings is 1. The predicted molar refractivity (Wildman–Crippen MR) is 55.8 cm³/mol. The minimum atomic E-state index is -0.627. The third-order valence-electron chi connectivity index (χ3n) is 1.62. The number of carbonyl (C=O) groups is 1. The van der Waals surface area contributed by atoms with Crippen LogP contribution >= 0.6 is 11.6 Å². The Labute approximate surface area is 90.2 Å². The number of nitrogens with zero attached hydrogens (tertiary/aromatic N) is 1. The van der Waals surface area contributed by atoms with E-state index in [1.165, 1.54) is 12.1 Å². The predicted octanol–water partition coefficient (Wildman–Crippen LogP) is 1.15. The molecule has 3 N–H and O–H groups in total. The topological polar surface area (TPSA) is 98.3 Å². The number of amides is 1. The van der Waals surface area contributed by atoms with Gasteiger partial charge in [-0.2, -0.15) is 0 Å². The van der Waals surface area contributed by atoms with Gasteiger partial charge < -0.3 is 11.1 Å². The van der Waals surface area contributed by atoms with Crippen LogP contribution in [0.5, 0.6) is 0 Å². The van der Waals surface area contributed by atoms with Gasteiger partial charge >= 0.3 is 0 Å². The number of nitrogens with two attached hydrogens (primary N) is 1. The van der Waals surface area contributed by atoms with E-state index in [0.29, 0.717) is 0 Å². The van der Waals surface area contributed by atoms with Crippen LogP contribution in [-0.4, -0.2) is 17.4 Å². The number of rotatable bonds is 3. The van der Waals surface area contributed by atoms with Gasteiger partial charge in [0.1, 0.15) is 5.69 Å². The maximum absolute atomic E-state index is 10.9. The smallest absolute Gasteiger partial charge is 0.294 e. The fourth-order valence-electron chi connectivity index (χ4n) is 0.963. The lowest BCUT2D eigenvalue weighted by molar-refractivity contribution is -0.383. The Bertz CT molecular complexity index is 408. The molecule has 15 heavy (non-hydrogen) atoms. The van der Waals surface area contributed by atoms with Crippen LogP contribution in [0.15, 0.2) is 18.2 Å². The zero-order chi connectivity index (χ0) is 11.4. The average Bonchev–Trinajstić information content (AvgIpc) is 2.20. The largest absolute Gasteiger partial charge is 0.322 e. The molecule has 0 aliphatic carbocycles. The van der Waals surface area contributed by atoms with E-state index in [0.717, 1.165) is 6.07 Å². The number of hydrogen-bond acceptors (Lipinski definition) is 4. The van der Waals surface area contributed by atoms with Crippen LogP contribution in [0.25, 0.3) is 0 Å². The van der Waals surface area contributed by atoms with Crippen molar-refractivity contribution in [2.24, 2.45) is 5.73 Å². The summed E-state index contributed by atoms with van der Waals surface area (Å²) in [5.41, 5.74) is 4.89. The first kappa shape index (κ1) is 11.4. The molecule has 1 amide bonds. The average molecular weight is 230 g/mol. The van der Waals surface area contributed by atoms with Crippen LogP contribution in [0, 0.1) is 10.1 Å². The summed E-state index contributed by atoms with van der Waals surface area (Å²) in [7, 11) is 0. The molecule has 0 aliphatic heterocycles. The van der Waals surface area contributed by atoms with Gasteiger partial charge in [0.25, 0.3) is 5.69 Å². The van der Waals surface area contributed by atoms with Crippen LogP contribution in [0.3, 0.4) is 0 Å². The highest BCUT2D eigenvalue weighted by Gasteiger charge is 2.15. The van der Waals surface area contributed by atoms with Gasteiger partial charge in [0.2, 0.25) is 5.91 Å². The van der Waals surface area contributed by atoms with E-state index in [-0.39, 0.29) is 22.9 Å². The second kappa shape index (κ2) is 4.72. The van der Waals surface area contributed by atoms with Crippen molar-refractivity contribution in [3.05, 3.63) is 33.3 Å². The molecule has 0 aromatic heterocycles. The van der Waals surface area contributed by atoms with Crippen molar-refractivity contribution in [1.82, 2.24) is 0 Å². The first-order valence-corrected chi connectivity index (χ1v) is 4.36. The van der Waals surface area contributed by atoms with Gasteiger partial charge in [0.15, 0.2) is 0 Å². The first-order chi connectivity index (χ1) is 7.04. The van der Waals surface area contributed by atoms with Crippen molar-refractivity contribution in [3.63, 3.8) is 0 Å². The molecule has 7 heteroatoms. The standard InChI is InChI=1S/C8H8ClN3O3/c9-5-1-2-6(11-8(13)4-10)7(3-5)12(14)15/h1-3H,4,10H2,(H,11,13). The minimum absolute atomic E-state index is 0.0832. The number of nitrogens with one attached hydrogen (secondary N) is 1. The molecule has 1 aromatic carbocycles. The van der Waals surface area contributed by atoms with Crippen molar-refractivity contribution in [1.29, 1.82) is 0 Å². The van der Waals surface area contributed by atoms with Gasteiger partial charge in [-0.1, -0.05) is 11.6 Å². The summed E-state index contributed by atoms with van der Waals surface area (Å²) >= 11 is 5.59. The molecule has 0 heterocycles. The summed E-state index contributed by atoms with van der Waals surface area (Å²) in [6.07, 6.45) is 0. The molecule has 6 nitrogen and oxygen atoms in total. The fourth-order valence-corrected chi connectivity index (χ4v) is 1.13. The molecule has 0 aliphatic rings. The van der Waals surface area contributed by atoms with Gasteiger partial charge in [-0.3, -0.25) is 14.9 Å². The van der Waals surface area contributed by atoms with Crippen molar-refractivity contribution in [2.75, 3.05) is 11.9 Å². The molecular weight excluding hydrogens is 222 g/mol. The van der Waals surface area contributed by atoms with E-state index in [1.807, 2.05) is 0 Å². The Hall–Kier alpha value is -1.66. The molecule has 0 fully saturated rings. The first-order valence-electron chi connectivity index (χ1n) is 3.98. The zero-order valence-electron chi connectivity index (χ0n) is 7.57. The Morgan fingerprint density at radius 1 is 1.60 bits per heavy atom. The number of carbonyl (C=O) groups excluding carboxylic acids is 1. The lowest BCUT2D eigenvalue weighted by Crippen LogP contribution is -2.22. The van der Waals surface area contributed by atoms with E-state index in [2.05, 4.69) is 5.32 Å². The van der Waals surface area contributed by atoms with Crippen LogP contribution in [0.2, 0.25) is 5.02 Å². The SMILES string of the molecule is NCC(=O)Nc1ccc(Cl)cc1[N+](=O)[O-]. The lowest BCUT2D eigenvalue weighted by atomic mass is 10.2. The highest BCUT2D eigenvalue weighted by atomic mass is 35.5. The maximum Gasteiger partial charge on any atom is 0.294 e. The molecule has 80 valence electrons. The number of anilines is 1. The Morgan fingerprint density at radius 3 is 2.80 bits per heavy atom. The number of halogens is 1. The Kier molecular flexibility index (Phi) is 3.59. The molecule has 0 bridgehead atoms. The third-order valence-corrected chi connectivity index (χ3v) is 1.85. The van der Waals surface area contributed by atoms with Crippen LogP contribution in [0.4, 0.5) is 11.4 Å². The van der Waals surface area contributed by atoms with Crippen molar-refractivity contribution in [2.45, 2.75) is 0 Å². The van der Waals surface area contributed by atoms with Crippen LogP contribution in [-0.2, 0) is 4.79 Å². The highest BCUT2D eigenvalue weighted by molar-refractivity contribution is 6.31. The molecule has 0 saturated carbocycles. The molecule has 0 atom stereocenters. The summed E-state index contributed by atoms with van der Waals surface area (Å²) in [4.78, 5) is 20.9. The Balaban J connectivity index is 3.06. The van der Waals surface area contributed by atoms with E-state index in [4.69, 9.17) is 17.3 Å². The monoisotopic (exact) mass is 229 g/mol. The second-order valence-corrected chi connectivity index (χ2v) is 3.11. The quantitative estimate of drug-likeness (QED) is 0.600. The lowest BCUT2D eigenvalue weighted by Gasteiger charge is -2.04. The summed E-state index contributed by atoms with van der Waals surface area (Å²) in [5.74, 6) is -0.500. The van der Waals surface area contributed by atoms with Gasteiger partial charge in [0.05, 0.1) is 11.5 Å². The van der Waals surface area contributed by atoms with E-state index >= 15 is 0 Å². The van der Waals surface area contributed by atoms with Crippen molar-refractivity contribution >= 4 is 28.9 Å². The summed E-state index contributed by atoms with van der Waals surface area (Å²) in [5, 5.41) is 13.1. The second-order valence-electron chi connectivity index (χ2n) is 2.67. The van der Waals surface area contributed by atoms with Crippen molar-refractivity contribution in [3.8, 4) is 0 Å².